The molecule has 0 aromatic heterocycles. The average Bonchev–Trinajstić information content (AvgIpc) is 2.86. The Hall–Kier alpha value is -2.29. The fourth-order valence-electron chi connectivity index (χ4n) is 4.55. The smallest absolute Gasteiger partial charge is 0.242 e. The molecular formula is C27H35Cl2N3O4S. The van der Waals surface area contributed by atoms with Gasteiger partial charge in [-0.15, -0.1) is 0 Å². The number of carbonyl (C=O) groups is 2. The molecule has 1 saturated carbocycles. The molecule has 0 unspecified atom stereocenters. The number of rotatable bonds is 11. The van der Waals surface area contributed by atoms with E-state index in [2.05, 4.69) is 5.32 Å². The minimum atomic E-state index is -3.56. The molecule has 1 N–H and O–H groups in total. The summed E-state index contributed by atoms with van der Waals surface area (Å²) in [5, 5.41) is 4.21. The van der Waals surface area contributed by atoms with Gasteiger partial charge in [-0.2, -0.15) is 0 Å². The number of sulfonamides is 1. The number of halogens is 2. The summed E-state index contributed by atoms with van der Waals surface area (Å²) >= 11 is 12.0. The zero-order valence-electron chi connectivity index (χ0n) is 21.3. The lowest BCUT2D eigenvalue weighted by molar-refractivity contribution is -0.141. The molecule has 1 atom stereocenters. The van der Waals surface area contributed by atoms with E-state index in [-0.39, 0.29) is 37.4 Å². The minimum Gasteiger partial charge on any atom is -0.352 e. The zero-order chi connectivity index (χ0) is 27.0. The van der Waals surface area contributed by atoms with Crippen LogP contribution in [0.1, 0.15) is 57.4 Å². The molecule has 0 aliphatic heterocycles. The summed E-state index contributed by atoms with van der Waals surface area (Å²) < 4.78 is 26.1. The summed E-state index contributed by atoms with van der Waals surface area (Å²) in [6, 6.07) is 13.2. The van der Waals surface area contributed by atoms with Gasteiger partial charge in [-0.05, 0) is 68.1 Å². The van der Waals surface area contributed by atoms with Crippen LogP contribution in [0.3, 0.4) is 0 Å². The maximum atomic E-state index is 13.4. The first-order chi connectivity index (χ1) is 17.5. The van der Waals surface area contributed by atoms with Gasteiger partial charge >= 0.3 is 0 Å². The Labute approximate surface area is 230 Å². The van der Waals surface area contributed by atoms with Crippen molar-refractivity contribution in [2.75, 3.05) is 17.1 Å². The van der Waals surface area contributed by atoms with Gasteiger partial charge in [0.1, 0.15) is 6.04 Å². The van der Waals surface area contributed by atoms with E-state index in [0.717, 1.165) is 37.5 Å². The highest BCUT2D eigenvalue weighted by molar-refractivity contribution is 7.92. The number of amides is 2. The fourth-order valence-corrected chi connectivity index (χ4v) is 5.77. The van der Waals surface area contributed by atoms with Crippen molar-refractivity contribution >= 4 is 50.7 Å². The molecule has 3 rings (SSSR count). The second kappa shape index (κ2) is 13.5. The van der Waals surface area contributed by atoms with Crippen LogP contribution in [0, 0.1) is 0 Å². The van der Waals surface area contributed by atoms with Gasteiger partial charge in [-0.3, -0.25) is 13.9 Å². The maximum Gasteiger partial charge on any atom is 0.242 e. The predicted molar refractivity (Wildman–Crippen MR) is 149 cm³/mol. The third-order valence-electron chi connectivity index (χ3n) is 6.65. The Morgan fingerprint density at radius 3 is 2.11 bits per heavy atom. The summed E-state index contributed by atoms with van der Waals surface area (Å²) in [5.41, 5.74) is 1.34. The van der Waals surface area contributed by atoms with Gasteiger partial charge in [0.15, 0.2) is 0 Å². The molecule has 2 aromatic carbocycles. The lowest BCUT2D eigenvalue weighted by atomic mass is 9.95. The first-order valence-electron chi connectivity index (χ1n) is 12.6. The van der Waals surface area contributed by atoms with Crippen molar-refractivity contribution in [1.82, 2.24) is 10.2 Å². The molecule has 1 aliphatic carbocycles. The Kier molecular flexibility index (Phi) is 10.7. The van der Waals surface area contributed by atoms with Crippen LogP contribution < -0.4 is 9.62 Å². The predicted octanol–water partition coefficient (Wildman–Crippen LogP) is 5.41. The van der Waals surface area contributed by atoms with Gasteiger partial charge in [0.25, 0.3) is 0 Å². The molecule has 202 valence electrons. The third kappa shape index (κ3) is 8.90. The Morgan fingerprint density at radius 2 is 1.54 bits per heavy atom. The van der Waals surface area contributed by atoms with Gasteiger partial charge in [-0.25, -0.2) is 8.42 Å². The third-order valence-corrected chi connectivity index (χ3v) is 8.35. The number of benzene rings is 2. The summed E-state index contributed by atoms with van der Waals surface area (Å²) in [4.78, 5) is 28.1. The molecule has 0 bridgehead atoms. The number of nitrogens with one attached hydrogen (secondary N) is 1. The highest BCUT2D eigenvalue weighted by Crippen LogP contribution is 2.22. The first kappa shape index (κ1) is 29.3. The summed E-state index contributed by atoms with van der Waals surface area (Å²) in [7, 11) is -3.56. The van der Waals surface area contributed by atoms with Crippen molar-refractivity contribution in [3.05, 3.63) is 64.1 Å². The van der Waals surface area contributed by atoms with Gasteiger partial charge < -0.3 is 10.2 Å². The Bertz CT molecular complexity index is 1150. The van der Waals surface area contributed by atoms with Crippen LogP contribution in [0.2, 0.25) is 10.0 Å². The van der Waals surface area contributed by atoms with Crippen LogP contribution in [0.15, 0.2) is 48.5 Å². The second-order valence-corrected chi connectivity index (χ2v) is 12.4. The van der Waals surface area contributed by atoms with E-state index in [4.69, 9.17) is 23.2 Å². The molecule has 2 amide bonds. The standard InChI is InChI=1S/C27H35Cl2N3O4S/c1-20(27(34)30-24-7-4-3-5-8-24)31(19-21-10-12-22(28)13-11-21)26(33)9-6-18-32(37(2,35)36)25-16-14-23(29)15-17-25/h10-17,20,24H,3-9,18-19H2,1-2H3,(H,30,34)/t20-/m0/s1. The van der Waals surface area contributed by atoms with Gasteiger partial charge in [0, 0.05) is 35.6 Å². The molecule has 1 aliphatic rings. The molecular weight excluding hydrogens is 533 g/mol. The van der Waals surface area contributed by atoms with Crippen molar-refractivity contribution in [2.45, 2.75) is 70.5 Å². The molecule has 7 nitrogen and oxygen atoms in total. The SMILES string of the molecule is C[C@@H](C(=O)NC1CCCCC1)N(Cc1ccc(Cl)cc1)C(=O)CCCN(c1ccc(Cl)cc1)S(C)(=O)=O. The van der Waals surface area contributed by atoms with Crippen molar-refractivity contribution < 1.29 is 18.0 Å². The van der Waals surface area contributed by atoms with Gasteiger partial charge in [0.2, 0.25) is 21.8 Å². The monoisotopic (exact) mass is 567 g/mol. The van der Waals surface area contributed by atoms with Crippen molar-refractivity contribution in [3.8, 4) is 0 Å². The van der Waals surface area contributed by atoms with Gasteiger partial charge in [0.05, 0.1) is 11.9 Å². The van der Waals surface area contributed by atoms with Crippen LogP contribution in [0.25, 0.3) is 0 Å². The van der Waals surface area contributed by atoms with E-state index >= 15 is 0 Å². The molecule has 0 heterocycles. The molecule has 0 radical (unpaired) electrons. The molecule has 0 spiro atoms. The normalized spacial score (nSPS) is 15.1. The Balaban J connectivity index is 1.70. The summed E-state index contributed by atoms with van der Waals surface area (Å²) in [6.45, 7) is 2.12. The second-order valence-electron chi connectivity index (χ2n) is 9.58. The topological polar surface area (TPSA) is 86.8 Å². The number of nitrogens with zero attached hydrogens (tertiary/aromatic N) is 2. The van der Waals surface area contributed by atoms with Crippen molar-refractivity contribution in [3.63, 3.8) is 0 Å². The summed E-state index contributed by atoms with van der Waals surface area (Å²) in [5.74, 6) is -0.390. The van der Waals surface area contributed by atoms with Crippen LogP contribution in [-0.2, 0) is 26.2 Å². The van der Waals surface area contributed by atoms with E-state index < -0.39 is 16.1 Å². The van der Waals surface area contributed by atoms with E-state index in [9.17, 15) is 18.0 Å². The van der Waals surface area contributed by atoms with Gasteiger partial charge in [-0.1, -0.05) is 54.6 Å². The van der Waals surface area contributed by atoms with Crippen molar-refractivity contribution in [1.29, 1.82) is 0 Å². The lowest BCUT2D eigenvalue weighted by Crippen LogP contribution is -2.50. The van der Waals surface area contributed by atoms with E-state index in [1.54, 1.807) is 48.2 Å². The fraction of sp³-hybridized carbons (Fsp3) is 0.481. The van der Waals surface area contributed by atoms with Crippen molar-refractivity contribution in [2.24, 2.45) is 0 Å². The minimum absolute atomic E-state index is 0.0915. The zero-order valence-corrected chi connectivity index (χ0v) is 23.7. The number of anilines is 1. The van der Waals surface area contributed by atoms with E-state index in [1.807, 2.05) is 12.1 Å². The first-order valence-corrected chi connectivity index (χ1v) is 15.2. The average molecular weight is 569 g/mol. The van der Waals surface area contributed by atoms with Crippen LogP contribution in [0.5, 0.6) is 0 Å². The van der Waals surface area contributed by atoms with Crippen LogP contribution >= 0.6 is 23.2 Å². The largest absolute Gasteiger partial charge is 0.352 e. The highest BCUT2D eigenvalue weighted by atomic mass is 35.5. The Morgan fingerprint density at radius 1 is 0.973 bits per heavy atom. The highest BCUT2D eigenvalue weighted by Gasteiger charge is 2.28. The van der Waals surface area contributed by atoms with Crippen LogP contribution in [0.4, 0.5) is 5.69 Å². The molecule has 0 saturated heterocycles. The van der Waals surface area contributed by atoms with E-state index in [0.29, 0.717) is 22.2 Å². The molecule has 2 aromatic rings. The van der Waals surface area contributed by atoms with Crippen LogP contribution in [-0.4, -0.2) is 50.0 Å². The van der Waals surface area contributed by atoms with E-state index in [1.165, 1.54) is 10.7 Å². The quantitative estimate of drug-likeness (QED) is 0.393. The molecule has 10 heteroatoms. The number of hydrogen-bond acceptors (Lipinski definition) is 4. The summed E-state index contributed by atoms with van der Waals surface area (Å²) in [6.07, 6.45) is 6.80. The molecule has 1 fully saturated rings. The number of hydrogen-bond donors (Lipinski definition) is 1. The molecule has 37 heavy (non-hydrogen) atoms. The lowest BCUT2D eigenvalue weighted by Gasteiger charge is -2.31. The maximum absolute atomic E-state index is 13.4. The number of carbonyl (C=O) groups excluding carboxylic acids is 2.